The Kier molecular flexibility index (Phi) is 19.4. The first-order chi connectivity index (χ1) is 9.33. The topological polar surface area (TPSA) is 18.5 Å². The molecule has 0 amide bonds. The van der Waals surface area contributed by atoms with E-state index in [9.17, 15) is 0 Å². The molecule has 0 saturated heterocycles. The van der Waals surface area contributed by atoms with Gasteiger partial charge in [0.25, 0.3) is 0 Å². The van der Waals surface area contributed by atoms with Crippen molar-refractivity contribution in [1.29, 1.82) is 0 Å². The normalized spacial score (nSPS) is 10.0. The molecule has 0 aromatic heterocycles. The quantitative estimate of drug-likeness (QED) is 0.402. The number of ether oxygens (including phenoxy) is 2. The number of rotatable bonds is 5. The highest BCUT2D eigenvalue weighted by Crippen LogP contribution is 2.29. The van der Waals surface area contributed by atoms with Gasteiger partial charge in [-0.15, -0.1) is 0 Å². The summed E-state index contributed by atoms with van der Waals surface area (Å²) in [6.07, 6.45) is 0. The van der Waals surface area contributed by atoms with Gasteiger partial charge in [0.1, 0.15) is 0 Å². The maximum atomic E-state index is 5.03. The summed E-state index contributed by atoms with van der Waals surface area (Å²) in [4.78, 5) is 0. The maximum Gasteiger partial charge on any atom is 0.231 e. The second-order valence-corrected chi connectivity index (χ2v) is 10.6. The van der Waals surface area contributed by atoms with Gasteiger partial charge in [-0.05, 0) is 38.3 Å². The molecule has 0 saturated carbocycles. The van der Waals surface area contributed by atoms with Crippen LogP contribution >= 0.6 is 67.6 Å². The molecular weight excluding hydrogens is 369 g/mol. The van der Waals surface area contributed by atoms with Crippen LogP contribution in [0.3, 0.4) is 0 Å². The van der Waals surface area contributed by atoms with E-state index in [1.807, 2.05) is 35.4 Å². The van der Waals surface area contributed by atoms with Crippen LogP contribution in [-0.4, -0.2) is 32.5 Å². The smallest absolute Gasteiger partial charge is 0.231 e. The first kappa shape index (κ1) is 23.4. The number of hydrogen-bond donors (Lipinski definition) is 0. The number of hydrogen-bond acceptors (Lipinski definition) is 8. The van der Waals surface area contributed by atoms with E-state index in [2.05, 4.69) is 27.7 Å². The molecule has 0 aliphatic carbocycles. The fourth-order valence-corrected chi connectivity index (χ4v) is 4.36. The fourth-order valence-electron chi connectivity index (χ4n) is 0.574. The highest BCUT2D eigenvalue weighted by molar-refractivity contribution is 8.89. The molecule has 0 atom stereocenters. The first-order valence-electron chi connectivity index (χ1n) is 6.33. The molecule has 0 heterocycles. The van der Waals surface area contributed by atoms with E-state index in [-0.39, 0.29) is 0 Å². The lowest BCUT2D eigenvalue weighted by Gasteiger charge is -2.04. The van der Waals surface area contributed by atoms with Gasteiger partial charge in [-0.2, -0.15) is 0 Å². The molecule has 8 heteroatoms. The molecule has 0 rings (SSSR count). The van der Waals surface area contributed by atoms with E-state index >= 15 is 0 Å². The Balaban J connectivity index is 0. The molecule has 0 bridgehead atoms. The van der Waals surface area contributed by atoms with E-state index < -0.39 is 0 Å². The number of thiocarbonyl (C=S) groups is 2. The molecule has 0 aromatic rings. The van der Waals surface area contributed by atoms with Crippen molar-refractivity contribution < 1.29 is 9.47 Å². The Morgan fingerprint density at radius 2 is 1.10 bits per heavy atom. The molecule has 0 unspecified atom stereocenters. The van der Waals surface area contributed by atoms with E-state index in [0.717, 1.165) is 10.5 Å². The summed E-state index contributed by atoms with van der Waals surface area (Å²) >= 11 is 9.72. The Hall–Kier alpha value is 1.18. The second-order valence-electron chi connectivity index (χ2n) is 3.82. The molecular formula is C12H24O2S6. The van der Waals surface area contributed by atoms with Crippen LogP contribution in [-0.2, 0) is 9.47 Å². The third-order valence-corrected chi connectivity index (χ3v) is 7.78. The molecule has 0 radical (unpaired) electrons. The Bertz CT molecular complexity index is 232. The third-order valence-electron chi connectivity index (χ3n) is 1.14. The van der Waals surface area contributed by atoms with Gasteiger partial charge in [0, 0.05) is 32.1 Å². The predicted octanol–water partition coefficient (Wildman–Crippen LogP) is 6.20. The van der Waals surface area contributed by atoms with Gasteiger partial charge in [-0.3, -0.25) is 0 Å². The van der Waals surface area contributed by atoms with Gasteiger partial charge in [0.2, 0.25) is 8.77 Å². The highest BCUT2D eigenvalue weighted by atomic mass is 33.1. The summed E-state index contributed by atoms with van der Waals surface area (Å²) < 4.78 is 11.0. The van der Waals surface area contributed by atoms with Crippen molar-refractivity contribution in [2.45, 2.75) is 52.0 Å². The van der Waals surface area contributed by atoms with Crippen LogP contribution in [0.1, 0.15) is 41.5 Å². The van der Waals surface area contributed by atoms with E-state index in [1.165, 1.54) is 21.6 Å². The average Bonchev–Trinajstić information content (AvgIpc) is 2.35. The molecule has 0 spiro atoms. The monoisotopic (exact) mass is 392 g/mol. The zero-order valence-electron chi connectivity index (χ0n) is 12.8. The van der Waals surface area contributed by atoms with Gasteiger partial charge in [-0.1, -0.05) is 49.3 Å². The third kappa shape index (κ3) is 21.5. The Morgan fingerprint density at radius 1 is 0.800 bits per heavy atom. The van der Waals surface area contributed by atoms with Crippen molar-refractivity contribution in [1.82, 2.24) is 0 Å². The summed E-state index contributed by atoms with van der Waals surface area (Å²) in [6, 6.07) is 0. The minimum atomic E-state index is 0.490. The van der Waals surface area contributed by atoms with E-state index in [4.69, 9.17) is 33.9 Å². The predicted molar refractivity (Wildman–Crippen MR) is 109 cm³/mol. The molecule has 0 N–H and O–H groups in total. The van der Waals surface area contributed by atoms with Gasteiger partial charge in [0.05, 0.1) is 13.2 Å². The summed E-state index contributed by atoms with van der Waals surface area (Å²) in [5.41, 5.74) is 0. The van der Waals surface area contributed by atoms with Crippen LogP contribution in [0, 0.1) is 0 Å². The zero-order valence-corrected chi connectivity index (χ0v) is 17.7. The standard InChI is InChI=1S/C6H10O2S4.C6H14S2/c1-3-7-5(9)11-12-6(10)8-4-2;1-5(2)7-8-6(3)4/h3-4H2,1-2H3;5-6H,1-4H3. The van der Waals surface area contributed by atoms with Crippen molar-refractivity contribution in [3.63, 3.8) is 0 Å². The average molecular weight is 393 g/mol. The van der Waals surface area contributed by atoms with E-state index in [0.29, 0.717) is 22.0 Å². The van der Waals surface area contributed by atoms with Crippen LogP contribution in [0.15, 0.2) is 0 Å². The van der Waals surface area contributed by atoms with Crippen LogP contribution in [0.25, 0.3) is 0 Å². The molecule has 2 nitrogen and oxygen atoms in total. The molecule has 0 aromatic carbocycles. The van der Waals surface area contributed by atoms with Crippen molar-refractivity contribution >= 4 is 76.4 Å². The largest absolute Gasteiger partial charge is 0.478 e. The lowest BCUT2D eigenvalue weighted by molar-refractivity contribution is 0.345. The van der Waals surface area contributed by atoms with Crippen molar-refractivity contribution in [2.24, 2.45) is 0 Å². The van der Waals surface area contributed by atoms with Crippen LogP contribution in [0.2, 0.25) is 0 Å². The SMILES string of the molecule is CC(C)SSC(C)C.CCOC(=S)SSC(=S)OCC. The van der Waals surface area contributed by atoms with Gasteiger partial charge in [-0.25, -0.2) is 0 Å². The van der Waals surface area contributed by atoms with Gasteiger partial charge < -0.3 is 9.47 Å². The van der Waals surface area contributed by atoms with Crippen LogP contribution in [0.4, 0.5) is 0 Å². The molecule has 20 heavy (non-hydrogen) atoms. The maximum absolute atomic E-state index is 5.03. The summed E-state index contributed by atoms with van der Waals surface area (Å²) in [5.74, 6) is 0. The zero-order chi connectivity index (χ0) is 16.0. The van der Waals surface area contributed by atoms with Gasteiger partial charge >= 0.3 is 0 Å². The first-order valence-corrected chi connectivity index (χ1v) is 11.6. The summed E-state index contributed by atoms with van der Waals surface area (Å²) in [7, 11) is 6.53. The molecule has 0 aliphatic heterocycles. The highest BCUT2D eigenvalue weighted by Gasteiger charge is 2.02. The summed E-state index contributed by atoms with van der Waals surface area (Å²) in [6.45, 7) is 13.8. The fraction of sp³-hybridized carbons (Fsp3) is 0.833. The van der Waals surface area contributed by atoms with Crippen LogP contribution < -0.4 is 0 Å². The lowest BCUT2D eigenvalue weighted by Crippen LogP contribution is -1.97. The lowest BCUT2D eigenvalue weighted by atomic mass is 10.6. The Labute approximate surface area is 150 Å². The van der Waals surface area contributed by atoms with Crippen molar-refractivity contribution in [3.05, 3.63) is 0 Å². The van der Waals surface area contributed by atoms with Gasteiger partial charge in [0.15, 0.2) is 0 Å². The summed E-state index contributed by atoms with van der Waals surface area (Å²) in [5, 5.41) is 1.53. The Morgan fingerprint density at radius 3 is 1.30 bits per heavy atom. The molecule has 120 valence electrons. The van der Waals surface area contributed by atoms with Crippen molar-refractivity contribution in [3.8, 4) is 0 Å². The minimum Gasteiger partial charge on any atom is -0.478 e. The van der Waals surface area contributed by atoms with Crippen molar-refractivity contribution in [2.75, 3.05) is 13.2 Å². The second kappa shape index (κ2) is 16.5. The molecule has 0 aliphatic rings. The minimum absolute atomic E-state index is 0.490. The van der Waals surface area contributed by atoms with Crippen LogP contribution in [0.5, 0.6) is 0 Å². The van der Waals surface area contributed by atoms with E-state index in [1.54, 1.807) is 0 Å². The molecule has 0 fully saturated rings.